The Morgan fingerprint density at radius 2 is 2.31 bits per heavy atom. The van der Waals surface area contributed by atoms with Crippen molar-refractivity contribution < 1.29 is 0 Å². The van der Waals surface area contributed by atoms with Crippen LogP contribution in [-0.4, -0.2) is 5.84 Å². The number of amidine groups is 1. The van der Waals surface area contributed by atoms with Crippen molar-refractivity contribution in [2.75, 3.05) is 0 Å². The molecule has 3 N–H and O–H groups in total. The van der Waals surface area contributed by atoms with Crippen molar-refractivity contribution in [1.29, 1.82) is 0 Å². The molecule has 0 unspecified atom stereocenters. The number of hydrazine groups is 2. The summed E-state index contributed by atoms with van der Waals surface area (Å²) >= 11 is 0. The second-order valence-electron chi connectivity index (χ2n) is 2.88. The van der Waals surface area contributed by atoms with Gasteiger partial charge in [-0.05, 0) is 18.1 Å². The smallest absolute Gasteiger partial charge is 0.170 e. The third-order valence-electron chi connectivity index (χ3n) is 2.01. The van der Waals surface area contributed by atoms with Crippen molar-refractivity contribution in [2.24, 2.45) is 5.10 Å². The topological polar surface area (TPSA) is 48.5 Å². The van der Waals surface area contributed by atoms with Crippen LogP contribution in [0.5, 0.6) is 0 Å². The van der Waals surface area contributed by atoms with Crippen molar-refractivity contribution in [3.05, 3.63) is 35.4 Å². The Morgan fingerprint density at radius 1 is 1.38 bits per heavy atom. The molecule has 4 nitrogen and oxygen atoms in total. The highest BCUT2D eigenvalue weighted by Crippen LogP contribution is 2.06. The number of benzene rings is 1. The van der Waals surface area contributed by atoms with Crippen LogP contribution in [0.2, 0.25) is 0 Å². The molecule has 1 aromatic rings. The Bertz CT molecular complexity index is 332. The van der Waals surface area contributed by atoms with Gasteiger partial charge in [-0.25, -0.2) is 5.53 Å². The van der Waals surface area contributed by atoms with Gasteiger partial charge in [0.1, 0.15) is 0 Å². The second kappa shape index (κ2) is 3.45. The Labute approximate surface area is 77.0 Å². The molecule has 1 aliphatic heterocycles. The predicted molar refractivity (Wildman–Crippen MR) is 51.8 cm³/mol. The van der Waals surface area contributed by atoms with E-state index in [1.165, 1.54) is 5.56 Å². The van der Waals surface area contributed by atoms with Crippen molar-refractivity contribution in [2.45, 2.75) is 13.3 Å². The Morgan fingerprint density at radius 3 is 3.00 bits per heavy atom. The lowest BCUT2D eigenvalue weighted by Crippen LogP contribution is -2.35. The summed E-state index contributed by atoms with van der Waals surface area (Å²) in [5, 5.41) is 4.03. The van der Waals surface area contributed by atoms with Crippen molar-refractivity contribution in [3.8, 4) is 0 Å². The molecule has 13 heavy (non-hydrogen) atoms. The molecule has 0 aromatic heterocycles. The summed E-state index contributed by atoms with van der Waals surface area (Å²) in [7, 11) is 0. The highest BCUT2D eigenvalue weighted by Gasteiger charge is 2.06. The van der Waals surface area contributed by atoms with Gasteiger partial charge in [0.2, 0.25) is 0 Å². The molecule has 0 aliphatic carbocycles. The van der Waals surface area contributed by atoms with E-state index in [1.807, 2.05) is 12.1 Å². The molecular weight excluding hydrogens is 164 g/mol. The van der Waals surface area contributed by atoms with Gasteiger partial charge in [0.05, 0.1) is 0 Å². The molecule has 0 bridgehead atoms. The maximum Gasteiger partial charge on any atom is 0.170 e. The van der Waals surface area contributed by atoms with E-state index in [9.17, 15) is 0 Å². The van der Waals surface area contributed by atoms with Gasteiger partial charge in [-0.3, -0.25) is 5.43 Å². The van der Waals surface area contributed by atoms with Gasteiger partial charge in [-0.15, -0.1) is 10.6 Å². The largest absolute Gasteiger partial charge is 0.285 e. The molecule has 1 aliphatic rings. The molecule has 0 radical (unpaired) electrons. The summed E-state index contributed by atoms with van der Waals surface area (Å²) < 4.78 is 0. The van der Waals surface area contributed by atoms with Gasteiger partial charge in [0, 0.05) is 5.56 Å². The van der Waals surface area contributed by atoms with Crippen molar-refractivity contribution in [1.82, 2.24) is 16.5 Å². The van der Waals surface area contributed by atoms with Crippen LogP contribution in [0.4, 0.5) is 0 Å². The monoisotopic (exact) mass is 176 g/mol. The lowest BCUT2D eigenvalue weighted by atomic mass is 10.1. The zero-order valence-electron chi connectivity index (χ0n) is 7.46. The van der Waals surface area contributed by atoms with E-state index < -0.39 is 0 Å². The standard InChI is InChI=1S/C9H12N4/c1-2-7-4-3-5-8(6-7)9-10-12-13-11-9/h3-6,12-13H,2H2,1H3,(H,10,11). The fourth-order valence-electron chi connectivity index (χ4n) is 1.27. The Balaban J connectivity index is 2.29. The summed E-state index contributed by atoms with van der Waals surface area (Å²) in [6.45, 7) is 2.14. The lowest BCUT2D eigenvalue weighted by molar-refractivity contribution is 0.577. The van der Waals surface area contributed by atoms with E-state index in [0.29, 0.717) is 0 Å². The van der Waals surface area contributed by atoms with Gasteiger partial charge < -0.3 is 0 Å². The molecule has 2 rings (SSSR count). The molecule has 4 heteroatoms. The van der Waals surface area contributed by atoms with Crippen LogP contribution in [0.1, 0.15) is 18.1 Å². The number of hydrogen-bond acceptors (Lipinski definition) is 4. The summed E-state index contributed by atoms with van der Waals surface area (Å²) in [5.41, 5.74) is 10.7. The van der Waals surface area contributed by atoms with Crippen molar-refractivity contribution in [3.63, 3.8) is 0 Å². The van der Waals surface area contributed by atoms with Gasteiger partial charge in [-0.1, -0.05) is 25.1 Å². The number of aryl methyl sites for hydroxylation is 1. The van der Waals surface area contributed by atoms with Gasteiger partial charge >= 0.3 is 0 Å². The average Bonchev–Trinajstić information content (AvgIpc) is 2.71. The van der Waals surface area contributed by atoms with Gasteiger partial charge in [-0.2, -0.15) is 0 Å². The van der Waals surface area contributed by atoms with Gasteiger partial charge in [0.25, 0.3) is 0 Å². The SMILES string of the molecule is CCc1cccc(C2=NNNN2)c1. The van der Waals surface area contributed by atoms with Gasteiger partial charge in [0.15, 0.2) is 5.84 Å². The summed E-state index contributed by atoms with van der Waals surface area (Å²) in [5.74, 6) is 0.829. The third kappa shape index (κ3) is 1.62. The fraction of sp³-hybridized carbons (Fsp3) is 0.222. The zero-order valence-corrected chi connectivity index (χ0v) is 7.46. The fourth-order valence-corrected chi connectivity index (χ4v) is 1.27. The number of hydrazone groups is 1. The first-order chi connectivity index (χ1) is 6.40. The molecule has 0 atom stereocenters. The minimum atomic E-state index is 0.829. The predicted octanol–water partition coefficient (Wildman–Crippen LogP) is 0.523. The molecule has 0 fully saturated rings. The number of hydrogen-bond donors (Lipinski definition) is 3. The van der Waals surface area contributed by atoms with E-state index in [1.54, 1.807) is 0 Å². The van der Waals surface area contributed by atoms with Crippen LogP contribution in [-0.2, 0) is 6.42 Å². The molecule has 0 saturated carbocycles. The lowest BCUT2D eigenvalue weighted by Gasteiger charge is -2.02. The molecule has 1 heterocycles. The number of nitrogens with one attached hydrogen (secondary N) is 3. The van der Waals surface area contributed by atoms with Crippen LogP contribution in [0.25, 0.3) is 0 Å². The summed E-state index contributed by atoms with van der Waals surface area (Å²) in [6.07, 6.45) is 1.04. The minimum Gasteiger partial charge on any atom is -0.285 e. The molecule has 1 aromatic carbocycles. The minimum absolute atomic E-state index is 0.829. The van der Waals surface area contributed by atoms with Crippen LogP contribution >= 0.6 is 0 Å². The van der Waals surface area contributed by atoms with Crippen LogP contribution < -0.4 is 16.5 Å². The van der Waals surface area contributed by atoms with E-state index in [-0.39, 0.29) is 0 Å². The van der Waals surface area contributed by atoms with Crippen molar-refractivity contribution >= 4 is 5.84 Å². The first kappa shape index (κ1) is 8.07. The Kier molecular flexibility index (Phi) is 2.14. The molecule has 0 amide bonds. The average molecular weight is 176 g/mol. The molecular formula is C9H12N4. The van der Waals surface area contributed by atoms with Crippen LogP contribution in [0, 0.1) is 0 Å². The highest BCUT2D eigenvalue weighted by atomic mass is 15.8. The molecule has 68 valence electrons. The van der Waals surface area contributed by atoms with E-state index in [4.69, 9.17) is 0 Å². The van der Waals surface area contributed by atoms with E-state index in [0.717, 1.165) is 17.8 Å². The summed E-state index contributed by atoms with van der Waals surface area (Å²) in [4.78, 5) is 0. The highest BCUT2D eigenvalue weighted by molar-refractivity contribution is 5.99. The second-order valence-corrected chi connectivity index (χ2v) is 2.88. The first-order valence-corrected chi connectivity index (χ1v) is 4.33. The van der Waals surface area contributed by atoms with E-state index in [2.05, 4.69) is 40.7 Å². The molecule has 0 spiro atoms. The first-order valence-electron chi connectivity index (χ1n) is 4.33. The number of rotatable bonds is 2. The normalized spacial score (nSPS) is 14.7. The van der Waals surface area contributed by atoms with E-state index >= 15 is 0 Å². The number of nitrogens with zero attached hydrogens (tertiary/aromatic N) is 1. The summed E-state index contributed by atoms with van der Waals surface area (Å²) in [6, 6.07) is 8.30. The maximum absolute atomic E-state index is 4.03. The Hall–Kier alpha value is -1.55. The molecule has 0 saturated heterocycles. The quantitative estimate of drug-likeness (QED) is 0.616. The maximum atomic E-state index is 4.03. The third-order valence-corrected chi connectivity index (χ3v) is 2.01. The van der Waals surface area contributed by atoms with Crippen LogP contribution in [0.15, 0.2) is 29.4 Å². The zero-order chi connectivity index (χ0) is 9.10. The van der Waals surface area contributed by atoms with Crippen LogP contribution in [0.3, 0.4) is 0 Å².